The van der Waals surface area contributed by atoms with Crippen LogP contribution in [0.1, 0.15) is 87.2 Å². The van der Waals surface area contributed by atoms with E-state index in [1.165, 1.54) is 31.2 Å². The van der Waals surface area contributed by atoms with Gasteiger partial charge in [-0.25, -0.2) is 0 Å². The average molecular weight is 507 g/mol. The highest BCUT2D eigenvalue weighted by molar-refractivity contribution is 7.90. The summed E-state index contributed by atoms with van der Waals surface area (Å²) in [6, 6.07) is 14.2. The molecule has 4 rings (SSSR count). The van der Waals surface area contributed by atoms with Gasteiger partial charge in [0.2, 0.25) is 0 Å². The lowest BCUT2D eigenvalue weighted by molar-refractivity contribution is 0.428. The Kier molecular flexibility index (Phi) is 8.19. The molecule has 2 aliphatic carbocycles. The molecule has 2 aliphatic rings. The largest absolute Gasteiger partial charge is 0.382 e. The van der Waals surface area contributed by atoms with Crippen LogP contribution in [0.15, 0.2) is 48.5 Å². The second-order valence-electron chi connectivity index (χ2n) is 9.47. The quantitative estimate of drug-likeness (QED) is 0.394. The Hall–Kier alpha value is -2.06. The van der Waals surface area contributed by atoms with Crippen molar-refractivity contribution in [2.45, 2.75) is 76.0 Å². The Labute approximate surface area is 203 Å². The van der Waals surface area contributed by atoms with Gasteiger partial charge in [0.05, 0.1) is 0 Å². The van der Waals surface area contributed by atoms with Crippen molar-refractivity contribution in [2.75, 3.05) is 11.5 Å². The molecule has 0 spiro atoms. The summed E-state index contributed by atoms with van der Waals surface area (Å²) >= 11 is 0. The van der Waals surface area contributed by atoms with E-state index < -0.39 is 31.7 Å². The molecule has 2 aromatic carbocycles. The highest BCUT2D eigenvalue weighted by atomic mass is 32.2. The van der Waals surface area contributed by atoms with Gasteiger partial charge in [-0.05, 0) is 66.8 Å². The predicted molar refractivity (Wildman–Crippen MR) is 133 cm³/mol. The van der Waals surface area contributed by atoms with Crippen molar-refractivity contribution < 1.29 is 25.2 Å². The van der Waals surface area contributed by atoms with E-state index in [4.69, 9.17) is 8.37 Å². The van der Waals surface area contributed by atoms with Gasteiger partial charge in [-0.15, -0.1) is 0 Å². The molecule has 0 aromatic heterocycles. The van der Waals surface area contributed by atoms with Crippen molar-refractivity contribution in [3.63, 3.8) is 0 Å². The third-order valence-corrected chi connectivity index (χ3v) is 9.49. The van der Waals surface area contributed by atoms with E-state index in [9.17, 15) is 16.8 Å². The summed E-state index contributed by atoms with van der Waals surface area (Å²) < 4.78 is 60.7. The summed E-state index contributed by atoms with van der Waals surface area (Å²) in [6.07, 6.45) is 11.4. The molecule has 6 nitrogen and oxygen atoms in total. The van der Waals surface area contributed by atoms with Gasteiger partial charge in [0.15, 0.2) is 0 Å². The molecular weight excluding hydrogens is 472 g/mol. The van der Waals surface area contributed by atoms with Crippen LogP contribution in [-0.2, 0) is 20.2 Å². The van der Waals surface area contributed by atoms with E-state index in [2.05, 4.69) is 0 Å². The van der Waals surface area contributed by atoms with Crippen molar-refractivity contribution in [1.29, 1.82) is 0 Å². The van der Waals surface area contributed by atoms with Gasteiger partial charge in [0.25, 0.3) is 0 Å². The topological polar surface area (TPSA) is 86.7 Å². The van der Waals surface area contributed by atoms with Crippen LogP contribution in [0.3, 0.4) is 0 Å². The van der Waals surface area contributed by atoms with Gasteiger partial charge in [-0.3, -0.25) is 0 Å². The normalized spacial score (nSPS) is 18.5. The summed E-state index contributed by atoms with van der Waals surface area (Å²) in [5, 5.41) is 0. The van der Waals surface area contributed by atoms with Crippen molar-refractivity contribution in [3.05, 3.63) is 59.7 Å². The monoisotopic (exact) mass is 506 g/mol. The second-order valence-corrected chi connectivity index (χ2v) is 12.8. The Morgan fingerprint density at radius 3 is 1.76 bits per heavy atom. The molecule has 2 fully saturated rings. The Morgan fingerprint density at radius 1 is 0.618 bits per heavy atom. The second kappa shape index (κ2) is 11.1. The number of benzene rings is 2. The summed E-state index contributed by atoms with van der Waals surface area (Å²) in [7, 11) is -8.19. The average Bonchev–Trinajstić information content (AvgIpc) is 2.84. The van der Waals surface area contributed by atoms with Crippen molar-refractivity contribution in [3.8, 4) is 11.5 Å². The summed E-state index contributed by atoms with van der Waals surface area (Å²) in [4.78, 5) is 0. The third kappa shape index (κ3) is 6.98. The van der Waals surface area contributed by atoms with Gasteiger partial charge in [0.1, 0.15) is 23.0 Å². The maximum Gasteiger partial charge on any atom is 0.310 e. The molecule has 34 heavy (non-hydrogen) atoms. The zero-order valence-corrected chi connectivity index (χ0v) is 21.2. The van der Waals surface area contributed by atoms with Crippen LogP contribution < -0.4 is 8.37 Å². The van der Waals surface area contributed by atoms with E-state index in [0.717, 1.165) is 44.1 Å². The van der Waals surface area contributed by atoms with Gasteiger partial charge >= 0.3 is 20.2 Å². The van der Waals surface area contributed by atoms with E-state index in [1.807, 2.05) is 24.3 Å². The standard InChI is InChI=1S/C26H34O6S2/c27-33(28,31-24-17-15-22(16-18-24)21-9-3-1-4-10-21)19-20-34(29,30)32-26-14-8-7-13-25(26)23-11-5-2-6-12-23/h7-8,13-18,21,23H,1-6,9-12,19-20H2. The molecule has 0 N–H and O–H groups in total. The summed E-state index contributed by atoms with van der Waals surface area (Å²) in [6.45, 7) is 0. The maximum atomic E-state index is 12.6. The number of rotatable bonds is 9. The molecule has 0 saturated heterocycles. The van der Waals surface area contributed by atoms with Gasteiger partial charge in [-0.2, -0.15) is 16.8 Å². The van der Waals surface area contributed by atoms with E-state index >= 15 is 0 Å². The first-order valence-corrected chi connectivity index (χ1v) is 15.5. The first-order valence-electron chi connectivity index (χ1n) is 12.3. The molecular formula is C26H34O6S2. The van der Waals surface area contributed by atoms with Crippen LogP contribution in [0.25, 0.3) is 0 Å². The van der Waals surface area contributed by atoms with Crippen molar-refractivity contribution in [2.24, 2.45) is 0 Å². The highest BCUT2D eigenvalue weighted by Crippen LogP contribution is 2.38. The van der Waals surface area contributed by atoms with E-state index in [1.54, 1.807) is 24.3 Å². The lowest BCUT2D eigenvalue weighted by atomic mass is 9.84. The van der Waals surface area contributed by atoms with Gasteiger partial charge < -0.3 is 8.37 Å². The highest BCUT2D eigenvalue weighted by Gasteiger charge is 2.25. The minimum atomic E-state index is -4.10. The van der Waals surface area contributed by atoms with Crippen LogP contribution in [0.5, 0.6) is 11.5 Å². The van der Waals surface area contributed by atoms with Crippen molar-refractivity contribution >= 4 is 20.2 Å². The molecule has 0 radical (unpaired) electrons. The minimum absolute atomic E-state index is 0.195. The fraction of sp³-hybridized carbons (Fsp3) is 0.538. The molecule has 0 unspecified atom stereocenters. The fourth-order valence-electron chi connectivity index (χ4n) is 5.11. The van der Waals surface area contributed by atoms with Crippen LogP contribution in [0.2, 0.25) is 0 Å². The Balaban J connectivity index is 1.35. The maximum absolute atomic E-state index is 12.6. The Bertz CT molecular complexity index is 1140. The van der Waals surface area contributed by atoms with Crippen LogP contribution in [0, 0.1) is 0 Å². The lowest BCUT2D eigenvalue weighted by Gasteiger charge is -2.23. The third-order valence-electron chi connectivity index (χ3n) is 6.94. The molecule has 8 heteroatoms. The molecule has 0 atom stereocenters. The lowest BCUT2D eigenvalue weighted by Crippen LogP contribution is -2.24. The van der Waals surface area contributed by atoms with Crippen LogP contribution in [-0.4, -0.2) is 28.3 Å². The molecule has 186 valence electrons. The summed E-state index contributed by atoms with van der Waals surface area (Å²) in [5.41, 5.74) is 2.07. The smallest absolute Gasteiger partial charge is 0.310 e. The first kappa shape index (κ1) is 25.0. The number of hydrogen-bond acceptors (Lipinski definition) is 6. The predicted octanol–water partition coefficient (Wildman–Crippen LogP) is 5.90. The SMILES string of the molecule is O=S(=O)(CCS(=O)(=O)Oc1ccccc1C1CCCCC1)Oc1ccc(C2CCCCC2)cc1. The van der Waals surface area contributed by atoms with Gasteiger partial charge in [-0.1, -0.05) is 68.9 Å². The van der Waals surface area contributed by atoms with E-state index in [0.29, 0.717) is 11.7 Å². The number of hydrogen-bond donors (Lipinski definition) is 0. The van der Waals surface area contributed by atoms with Crippen LogP contribution in [0.4, 0.5) is 0 Å². The zero-order valence-electron chi connectivity index (χ0n) is 19.5. The molecule has 0 heterocycles. The first-order chi connectivity index (χ1) is 16.3. The van der Waals surface area contributed by atoms with Crippen molar-refractivity contribution in [1.82, 2.24) is 0 Å². The Morgan fingerprint density at radius 2 is 1.15 bits per heavy atom. The van der Waals surface area contributed by atoms with Crippen LogP contribution >= 0.6 is 0 Å². The molecule has 2 saturated carbocycles. The fourth-order valence-corrected chi connectivity index (χ4v) is 7.74. The minimum Gasteiger partial charge on any atom is -0.382 e. The molecule has 2 aromatic rings. The van der Waals surface area contributed by atoms with E-state index in [-0.39, 0.29) is 11.7 Å². The molecule has 0 bridgehead atoms. The van der Waals surface area contributed by atoms with Gasteiger partial charge in [0, 0.05) is 0 Å². The summed E-state index contributed by atoms with van der Waals surface area (Å²) in [5.74, 6) is -0.0756. The number of para-hydroxylation sites is 1. The zero-order chi connectivity index (χ0) is 24.0. The molecule has 0 amide bonds. The molecule has 0 aliphatic heterocycles.